The molecule has 1 aliphatic heterocycles. The van der Waals surface area contributed by atoms with Gasteiger partial charge in [-0.2, -0.15) is 0 Å². The molecule has 0 aromatic carbocycles. The molecule has 6 heteroatoms. The van der Waals surface area contributed by atoms with E-state index in [4.69, 9.17) is 9.47 Å². The van der Waals surface area contributed by atoms with Crippen LogP contribution >= 0.6 is 11.3 Å². The first kappa shape index (κ1) is 12.3. The minimum atomic E-state index is 0.242. The monoisotopic (exact) mass is 269 g/mol. The zero-order valence-corrected chi connectivity index (χ0v) is 11.5. The second kappa shape index (κ2) is 5.52. The summed E-state index contributed by atoms with van der Waals surface area (Å²) in [5.41, 5.74) is 4.60. The van der Waals surface area contributed by atoms with Crippen molar-refractivity contribution < 1.29 is 9.47 Å². The van der Waals surface area contributed by atoms with Gasteiger partial charge in [-0.15, -0.1) is 0 Å². The second-order valence-corrected chi connectivity index (χ2v) is 5.69. The van der Waals surface area contributed by atoms with Crippen molar-refractivity contribution in [3.05, 3.63) is 10.6 Å². The first-order valence-electron chi connectivity index (χ1n) is 6.48. The van der Waals surface area contributed by atoms with Crippen LogP contribution in [0.25, 0.3) is 0 Å². The number of aryl methyl sites for hydroxylation is 1. The number of rotatable bonds is 3. The highest BCUT2D eigenvalue weighted by atomic mass is 32.1. The summed E-state index contributed by atoms with van der Waals surface area (Å²) >= 11 is 1.73. The number of fused-ring (bicyclic) bond motifs is 1. The van der Waals surface area contributed by atoms with Crippen molar-refractivity contribution in [2.24, 2.45) is 0 Å². The van der Waals surface area contributed by atoms with Crippen LogP contribution in [-0.4, -0.2) is 43.4 Å². The molecule has 2 heterocycles. The van der Waals surface area contributed by atoms with Crippen molar-refractivity contribution in [2.45, 2.75) is 25.4 Å². The number of nitrogens with zero attached hydrogens (tertiary/aromatic N) is 2. The van der Waals surface area contributed by atoms with Crippen molar-refractivity contribution in [1.29, 1.82) is 0 Å². The van der Waals surface area contributed by atoms with Gasteiger partial charge in [-0.1, -0.05) is 11.3 Å². The maximum atomic E-state index is 5.53. The van der Waals surface area contributed by atoms with Gasteiger partial charge in [-0.25, -0.2) is 9.99 Å². The summed E-state index contributed by atoms with van der Waals surface area (Å²) in [6.07, 6.45) is 3.61. The minimum Gasteiger partial charge on any atom is -0.379 e. The zero-order valence-electron chi connectivity index (χ0n) is 10.6. The van der Waals surface area contributed by atoms with Gasteiger partial charge in [-0.05, 0) is 19.3 Å². The summed E-state index contributed by atoms with van der Waals surface area (Å²) in [4.78, 5) is 5.99. The molecule has 0 bridgehead atoms. The number of hydrogen-bond donors (Lipinski definition) is 1. The number of nitrogens with one attached hydrogen (secondary N) is 1. The Hall–Kier alpha value is -0.690. The Labute approximate surface area is 111 Å². The molecule has 0 radical (unpaired) electrons. The predicted molar refractivity (Wildman–Crippen MR) is 70.8 cm³/mol. The van der Waals surface area contributed by atoms with E-state index in [0.717, 1.165) is 44.3 Å². The lowest BCUT2D eigenvalue weighted by Crippen LogP contribution is -2.40. The first-order valence-corrected chi connectivity index (χ1v) is 7.30. The van der Waals surface area contributed by atoms with Gasteiger partial charge >= 0.3 is 0 Å². The SMILES string of the molecule is COC1CCCc2nc(NN3CCOCC3)sc21. The molecule has 1 unspecified atom stereocenters. The Balaban J connectivity index is 1.71. The van der Waals surface area contributed by atoms with E-state index in [9.17, 15) is 0 Å². The normalized spacial score (nSPS) is 24.8. The van der Waals surface area contributed by atoms with E-state index in [0.29, 0.717) is 0 Å². The van der Waals surface area contributed by atoms with Gasteiger partial charge < -0.3 is 9.47 Å². The van der Waals surface area contributed by atoms with Gasteiger partial charge in [-0.3, -0.25) is 5.43 Å². The van der Waals surface area contributed by atoms with E-state index in [1.807, 2.05) is 0 Å². The fourth-order valence-electron chi connectivity index (χ4n) is 2.46. The molecule has 3 rings (SSSR count). The maximum absolute atomic E-state index is 5.53. The molecule has 0 saturated carbocycles. The number of morpholine rings is 1. The summed E-state index contributed by atoms with van der Waals surface area (Å²) in [6.45, 7) is 3.41. The molecule has 0 spiro atoms. The molecule has 2 aliphatic rings. The Morgan fingerprint density at radius 1 is 1.44 bits per heavy atom. The Morgan fingerprint density at radius 3 is 3.06 bits per heavy atom. The van der Waals surface area contributed by atoms with Crippen LogP contribution in [-0.2, 0) is 15.9 Å². The number of thiazole rings is 1. The molecular formula is C12H19N3O2S. The summed E-state index contributed by atoms with van der Waals surface area (Å²) in [5.74, 6) is 0. The molecule has 1 aliphatic carbocycles. The average Bonchev–Trinajstić information content (AvgIpc) is 2.82. The maximum Gasteiger partial charge on any atom is 0.197 e. The third kappa shape index (κ3) is 2.51. The lowest BCUT2D eigenvalue weighted by atomic mass is 10.0. The van der Waals surface area contributed by atoms with Crippen LogP contribution in [0.5, 0.6) is 0 Å². The molecule has 1 fully saturated rings. The number of hydrogen-bond acceptors (Lipinski definition) is 6. The van der Waals surface area contributed by atoms with E-state index in [2.05, 4.69) is 15.4 Å². The molecule has 100 valence electrons. The summed E-state index contributed by atoms with van der Waals surface area (Å²) in [6, 6.07) is 0. The topological polar surface area (TPSA) is 46.6 Å². The van der Waals surface area contributed by atoms with Gasteiger partial charge in [0.1, 0.15) is 0 Å². The molecule has 1 aromatic rings. The molecule has 5 nitrogen and oxygen atoms in total. The first-order chi connectivity index (χ1) is 8.86. The second-order valence-electron chi connectivity index (χ2n) is 4.66. The number of aromatic nitrogens is 1. The smallest absolute Gasteiger partial charge is 0.197 e. The highest BCUT2D eigenvalue weighted by Gasteiger charge is 2.25. The summed E-state index contributed by atoms with van der Waals surface area (Å²) in [5, 5.41) is 3.17. The van der Waals surface area contributed by atoms with Crippen LogP contribution in [0.1, 0.15) is 29.5 Å². The number of hydrazine groups is 1. The molecule has 1 saturated heterocycles. The third-order valence-electron chi connectivity index (χ3n) is 3.45. The average molecular weight is 269 g/mol. The van der Waals surface area contributed by atoms with E-state index >= 15 is 0 Å². The lowest BCUT2D eigenvalue weighted by molar-refractivity contribution is 0.0497. The summed E-state index contributed by atoms with van der Waals surface area (Å²) < 4.78 is 10.9. The van der Waals surface area contributed by atoms with Crippen LogP contribution < -0.4 is 5.43 Å². The third-order valence-corrected chi connectivity index (χ3v) is 4.54. The van der Waals surface area contributed by atoms with Gasteiger partial charge in [0.05, 0.1) is 29.9 Å². The molecule has 18 heavy (non-hydrogen) atoms. The fraction of sp³-hybridized carbons (Fsp3) is 0.750. The Kier molecular flexibility index (Phi) is 3.79. The van der Waals surface area contributed by atoms with E-state index in [-0.39, 0.29) is 6.10 Å². The lowest BCUT2D eigenvalue weighted by Gasteiger charge is -2.26. The number of methoxy groups -OCH3 is 1. The molecule has 1 aromatic heterocycles. The van der Waals surface area contributed by atoms with Gasteiger partial charge in [0.25, 0.3) is 0 Å². The van der Waals surface area contributed by atoms with Gasteiger partial charge in [0.2, 0.25) is 0 Å². The van der Waals surface area contributed by atoms with Gasteiger partial charge in [0.15, 0.2) is 5.13 Å². The van der Waals surface area contributed by atoms with E-state index in [1.54, 1.807) is 18.4 Å². The van der Waals surface area contributed by atoms with E-state index < -0.39 is 0 Å². The quantitative estimate of drug-likeness (QED) is 0.907. The highest BCUT2D eigenvalue weighted by molar-refractivity contribution is 7.15. The Bertz CT molecular complexity index is 404. The molecule has 1 N–H and O–H groups in total. The molecular weight excluding hydrogens is 250 g/mol. The zero-order chi connectivity index (χ0) is 12.4. The van der Waals surface area contributed by atoms with Crippen molar-refractivity contribution in [1.82, 2.24) is 9.99 Å². The largest absolute Gasteiger partial charge is 0.379 e. The van der Waals surface area contributed by atoms with Crippen LogP contribution in [0, 0.1) is 0 Å². The standard InChI is InChI=1S/C12H19N3O2S/c1-16-10-4-2-3-9-11(10)18-12(13-9)14-15-5-7-17-8-6-15/h10H,2-8H2,1H3,(H,13,14). The van der Waals surface area contributed by atoms with Crippen molar-refractivity contribution in [2.75, 3.05) is 38.8 Å². The molecule has 0 amide bonds. The van der Waals surface area contributed by atoms with Gasteiger partial charge in [0, 0.05) is 20.2 Å². The Morgan fingerprint density at radius 2 is 2.28 bits per heavy atom. The number of ether oxygens (including phenoxy) is 2. The predicted octanol–water partition coefficient (Wildman–Crippen LogP) is 1.83. The van der Waals surface area contributed by atoms with Crippen molar-refractivity contribution in [3.8, 4) is 0 Å². The van der Waals surface area contributed by atoms with Crippen LogP contribution in [0.4, 0.5) is 5.13 Å². The summed E-state index contributed by atoms with van der Waals surface area (Å²) in [7, 11) is 1.79. The van der Waals surface area contributed by atoms with E-state index in [1.165, 1.54) is 17.0 Å². The number of anilines is 1. The van der Waals surface area contributed by atoms with Crippen molar-refractivity contribution >= 4 is 16.5 Å². The van der Waals surface area contributed by atoms with Crippen LogP contribution in [0.3, 0.4) is 0 Å². The van der Waals surface area contributed by atoms with Crippen LogP contribution in [0.15, 0.2) is 0 Å². The van der Waals surface area contributed by atoms with Crippen molar-refractivity contribution in [3.63, 3.8) is 0 Å². The highest BCUT2D eigenvalue weighted by Crippen LogP contribution is 2.38. The van der Waals surface area contributed by atoms with Crippen LogP contribution in [0.2, 0.25) is 0 Å². The molecule has 1 atom stereocenters. The fourth-order valence-corrected chi connectivity index (χ4v) is 3.61. The minimum absolute atomic E-state index is 0.242.